The van der Waals surface area contributed by atoms with E-state index < -0.39 is 17.8 Å². The number of carbonyl (C=O) groups excluding carboxylic acids is 3. The van der Waals surface area contributed by atoms with Crippen LogP contribution in [0.2, 0.25) is 0 Å². The first-order valence-electron chi connectivity index (χ1n) is 9.36. The molecule has 0 fully saturated rings. The maximum absolute atomic E-state index is 12.5. The molecule has 1 aromatic carbocycles. The highest BCUT2D eigenvalue weighted by molar-refractivity contribution is 7.18. The monoisotopic (exact) mass is 431 g/mol. The van der Waals surface area contributed by atoms with Crippen LogP contribution in [0.25, 0.3) is 0 Å². The van der Waals surface area contributed by atoms with E-state index in [0.29, 0.717) is 11.3 Å². The zero-order valence-electron chi connectivity index (χ0n) is 17.5. The summed E-state index contributed by atoms with van der Waals surface area (Å²) in [7, 11) is 0. The van der Waals surface area contributed by atoms with Gasteiger partial charge in [0.2, 0.25) is 0 Å². The Labute approximate surface area is 179 Å². The van der Waals surface area contributed by atoms with Gasteiger partial charge in [-0.1, -0.05) is 24.8 Å². The summed E-state index contributed by atoms with van der Waals surface area (Å²) in [6.45, 7) is 10.5. The van der Waals surface area contributed by atoms with Gasteiger partial charge in [0.1, 0.15) is 22.2 Å². The van der Waals surface area contributed by atoms with Gasteiger partial charge in [-0.15, -0.1) is 11.3 Å². The van der Waals surface area contributed by atoms with Gasteiger partial charge in [-0.05, 0) is 50.5 Å². The fraction of sp³-hybridized carbons (Fsp3) is 0.318. The van der Waals surface area contributed by atoms with Crippen LogP contribution in [0.1, 0.15) is 43.6 Å². The van der Waals surface area contributed by atoms with Gasteiger partial charge >= 0.3 is 11.9 Å². The molecule has 2 rings (SSSR count). The predicted molar refractivity (Wildman–Crippen MR) is 116 cm³/mol. The van der Waals surface area contributed by atoms with Gasteiger partial charge in [-0.3, -0.25) is 4.79 Å². The summed E-state index contributed by atoms with van der Waals surface area (Å²) >= 11 is 0.957. The Balaban J connectivity index is 2.22. The smallest absolute Gasteiger partial charge is 0.348 e. The molecule has 0 saturated carbocycles. The quantitative estimate of drug-likeness (QED) is 0.472. The Kier molecular flexibility index (Phi) is 8.17. The highest BCUT2D eigenvalue weighted by atomic mass is 32.1. The van der Waals surface area contributed by atoms with E-state index >= 15 is 0 Å². The minimum absolute atomic E-state index is 0.0380. The first-order valence-corrected chi connectivity index (χ1v) is 10.2. The first kappa shape index (κ1) is 23.2. The summed E-state index contributed by atoms with van der Waals surface area (Å²) in [4.78, 5) is 37.4. The number of amides is 1. The minimum Gasteiger partial charge on any atom is -0.483 e. The van der Waals surface area contributed by atoms with Crippen molar-refractivity contribution < 1.29 is 28.6 Å². The van der Waals surface area contributed by atoms with E-state index in [2.05, 4.69) is 11.9 Å². The van der Waals surface area contributed by atoms with Gasteiger partial charge in [0, 0.05) is 0 Å². The van der Waals surface area contributed by atoms with E-state index in [1.165, 1.54) is 6.08 Å². The van der Waals surface area contributed by atoms with Crippen LogP contribution in [0.4, 0.5) is 5.00 Å². The molecule has 1 amide bonds. The van der Waals surface area contributed by atoms with Gasteiger partial charge in [-0.25, -0.2) is 9.59 Å². The number of benzene rings is 1. The Morgan fingerprint density at radius 3 is 2.53 bits per heavy atom. The molecule has 0 aliphatic rings. The summed E-state index contributed by atoms with van der Waals surface area (Å²) in [5.74, 6) is -1.09. The fourth-order valence-corrected chi connectivity index (χ4v) is 3.72. The average molecular weight is 432 g/mol. The van der Waals surface area contributed by atoms with Crippen molar-refractivity contribution in [2.24, 2.45) is 0 Å². The zero-order chi connectivity index (χ0) is 22.3. The van der Waals surface area contributed by atoms with Crippen molar-refractivity contribution >= 4 is 34.2 Å². The Hall–Kier alpha value is -3.13. The molecule has 0 saturated heterocycles. The molecule has 7 nitrogen and oxygen atoms in total. The number of aryl methyl sites for hydroxylation is 2. The molecule has 160 valence electrons. The van der Waals surface area contributed by atoms with E-state index in [1.807, 2.05) is 32.0 Å². The summed E-state index contributed by atoms with van der Waals surface area (Å²) < 4.78 is 15.8. The lowest BCUT2D eigenvalue weighted by Gasteiger charge is -2.10. The van der Waals surface area contributed by atoms with Crippen LogP contribution in [0.3, 0.4) is 0 Å². The van der Waals surface area contributed by atoms with Crippen LogP contribution in [0.5, 0.6) is 5.75 Å². The predicted octanol–water partition coefficient (Wildman–Crippen LogP) is 4.21. The number of hydrogen-bond acceptors (Lipinski definition) is 7. The van der Waals surface area contributed by atoms with Crippen LogP contribution in [0, 0.1) is 20.8 Å². The van der Waals surface area contributed by atoms with Crippen LogP contribution in [-0.2, 0) is 14.3 Å². The van der Waals surface area contributed by atoms with Gasteiger partial charge in [-0.2, -0.15) is 0 Å². The number of esters is 2. The summed E-state index contributed by atoms with van der Waals surface area (Å²) in [6, 6.07) is 5.70. The van der Waals surface area contributed by atoms with E-state index in [1.54, 1.807) is 13.8 Å². The molecule has 30 heavy (non-hydrogen) atoms. The molecule has 0 radical (unpaired) electrons. The molecule has 1 N–H and O–H groups in total. The van der Waals surface area contributed by atoms with Crippen molar-refractivity contribution in [2.75, 3.05) is 25.1 Å². The maximum atomic E-state index is 12.5. The maximum Gasteiger partial charge on any atom is 0.348 e. The summed E-state index contributed by atoms with van der Waals surface area (Å²) in [6.07, 6.45) is 1.44. The van der Waals surface area contributed by atoms with Crippen LogP contribution in [-0.4, -0.2) is 37.7 Å². The molecule has 0 aliphatic carbocycles. The number of carbonyl (C=O) groups is 3. The molecular weight excluding hydrogens is 406 g/mol. The molecule has 0 atom stereocenters. The van der Waals surface area contributed by atoms with Gasteiger partial charge < -0.3 is 19.5 Å². The Bertz CT molecular complexity index is 963. The molecule has 8 heteroatoms. The normalized spacial score (nSPS) is 10.3. The molecule has 1 heterocycles. The van der Waals surface area contributed by atoms with Crippen molar-refractivity contribution in [1.82, 2.24) is 0 Å². The van der Waals surface area contributed by atoms with E-state index in [0.717, 1.165) is 22.5 Å². The number of nitrogens with one attached hydrogen (secondary N) is 1. The first-order chi connectivity index (χ1) is 14.3. The molecule has 0 bridgehead atoms. The lowest BCUT2D eigenvalue weighted by molar-refractivity contribution is -0.118. The van der Waals surface area contributed by atoms with Crippen molar-refractivity contribution in [1.29, 1.82) is 0 Å². The largest absolute Gasteiger partial charge is 0.483 e. The molecule has 0 spiro atoms. The second-order valence-corrected chi connectivity index (χ2v) is 7.49. The molecule has 1 aromatic heterocycles. The van der Waals surface area contributed by atoms with E-state index in [4.69, 9.17) is 14.2 Å². The average Bonchev–Trinajstić information content (AvgIpc) is 3.02. The molecular formula is C22H25NO6S. The molecule has 0 unspecified atom stereocenters. The van der Waals surface area contributed by atoms with E-state index in [9.17, 15) is 14.4 Å². The van der Waals surface area contributed by atoms with Crippen LogP contribution < -0.4 is 10.1 Å². The van der Waals surface area contributed by atoms with Gasteiger partial charge in [0.15, 0.2) is 6.61 Å². The Morgan fingerprint density at radius 1 is 1.13 bits per heavy atom. The highest BCUT2D eigenvalue weighted by Crippen LogP contribution is 2.34. The SMILES string of the molecule is C=CCOC(=O)c1sc(NC(=O)COc2cc(C)ccc2C)c(C(=O)OCC)c1C. The molecule has 0 aliphatic heterocycles. The Morgan fingerprint density at radius 2 is 1.87 bits per heavy atom. The van der Waals surface area contributed by atoms with Crippen molar-refractivity contribution in [3.8, 4) is 5.75 Å². The number of hydrogen-bond donors (Lipinski definition) is 1. The second kappa shape index (κ2) is 10.6. The van der Waals surface area contributed by atoms with Gasteiger partial charge in [0.05, 0.1) is 12.2 Å². The standard InChI is InChI=1S/C22H25NO6S/c1-6-10-28-22(26)19-15(5)18(21(25)27-7-2)20(30-19)23-17(24)12-29-16-11-13(3)8-9-14(16)4/h6,8-9,11H,1,7,10,12H2,2-5H3,(H,23,24). The van der Waals surface area contributed by atoms with E-state index in [-0.39, 0.29) is 35.3 Å². The number of thiophene rings is 1. The number of rotatable bonds is 9. The molecule has 2 aromatic rings. The third-order valence-electron chi connectivity index (χ3n) is 4.10. The number of anilines is 1. The zero-order valence-corrected chi connectivity index (χ0v) is 18.3. The van der Waals surface area contributed by atoms with Crippen LogP contribution >= 0.6 is 11.3 Å². The summed E-state index contributed by atoms with van der Waals surface area (Å²) in [5, 5.41) is 2.87. The third-order valence-corrected chi connectivity index (χ3v) is 5.29. The van der Waals surface area contributed by atoms with Crippen molar-refractivity contribution in [3.63, 3.8) is 0 Å². The lowest BCUT2D eigenvalue weighted by atomic mass is 10.1. The highest BCUT2D eigenvalue weighted by Gasteiger charge is 2.27. The summed E-state index contributed by atoms with van der Waals surface area (Å²) in [5.41, 5.74) is 2.43. The van der Waals surface area contributed by atoms with Crippen molar-refractivity contribution in [2.45, 2.75) is 27.7 Å². The van der Waals surface area contributed by atoms with Crippen molar-refractivity contribution in [3.05, 3.63) is 58.0 Å². The lowest BCUT2D eigenvalue weighted by Crippen LogP contribution is -2.21. The minimum atomic E-state index is -0.625. The number of ether oxygens (including phenoxy) is 3. The second-order valence-electron chi connectivity index (χ2n) is 6.47. The van der Waals surface area contributed by atoms with Crippen LogP contribution in [0.15, 0.2) is 30.9 Å². The fourth-order valence-electron chi connectivity index (χ4n) is 2.61. The topological polar surface area (TPSA) is 90.9 Å². The van der Waals surface area contributed by atoms with Gasteiger partial charge in [0.25, 0.3) is 5.91 Å². The third kappa shape index (κ3) is 5.70.